The number of carbonyl (C=O) groups is 2. The molecule has 0 unspecified atom stereocenters. The maximum Gasteiger partial charge on any atom is 0.251 e. The van der Waals surface area contributed by atoms with Gasteiger partial charge in [-0.2, -0.15) is 0 Å². The van der Waals surface area contributed by atoms with Crippen molar-refractivity contribution >= 4 is 23.2 Å². The summed E-state index contributed by atoms with van der Waals surface area (Å²) in [5.74, 6) is -0.205. The van der Waals surface area contributed by atoms with E-state index in [1.165, 1.54) is 0 Å². The van der Waals surface area contributed by atoms with Gasteiger partial charge in [-0.15, -0.1) is 0 Å². The van der Waals surface area contributed by atoms with E-state index in [4.69, 9.17) is 4.74 Å². The van der Waals surface area contributed by atoms with Crippen LogP contribution < -0.4 is 15.5 Å². The normalized spacial score (nSPS) is 10.2. The molecule has 26 heavy (non-hydrogen) atoms. The Bertz CT molecular complexity index is 719. The molecule has 0 atom stereocenters. The van der Waals surface area contributed by atoms with E-state index >= 15 is 0 Å². The Balaban J connectivity index is 1.88. The zero-order chi connectivity index (χ0) is 18.8. The molecule has 0 aromatic heterocycles. The van der Waals surface area contributed by atoms with Crippen LogP contribution in [0.4, 0.5) is 11.4 Å². The number of anilines is 2. The lowest BCUT2D eigenvalue weighted by atomic mass is 10.2. The number of methoxy groups -OCH3 is 1. The van der Waals surface area contributed by atoms with Gasteiger partial charge in [0.05, 0.1) is 6.54 Å². The SMILES string of the molecule is COCCCNC(=O)c1cccc(NCC(=O)N(C)c2ccccc2)c1. The van der Waals surface area contributed by atoms with E-state index in [-0.39, 0.29) is 18.4 Å². The zero-order valence-corrected chi connectivity index (χ0v) is 15.2. The molecule has 2 aromatic rings. The Labute approximate surface area is 154 Å². The van der Waals surface area contributed by atoms with Crippen LogP contribution >= 0.6 is 0 Å². The summed E-state index contributed by atoms with van der Waals surface area (Å²) in [5.41, 5.74) is 2.11. The lowest BCUT2D eigenvalue weighted by Crippen LogP contribution is -2.32. The van der Waals surface area contributed by atoms with Crippen LogP contribution in [0.1, 0.15) is 16.8 Å². The van der Waals surface area contributed by atoms with Gasteiger partial charge in [-0.3, -0.25) is 9.59 Å². The van der Waals surface area contributed by atoms with Crippen molar-refractivity contribution in [1.82, 2.24) is 5.32 Å². The Morgan fingerprint density at radius 3 is 2.58 bits per heavy atom. The Morgan fingerprint density at radius 1 is 1.08 bits per heavy atom. The minimum atomic E-state index is -0.141. The fourth-order valence-corrected chi connectivity index (χ4v) is 2.38. The van der Waals surface area contributed by atoms with Crippen molar-refractivity contribution in [1.29, 1.82) is 0 Å². The maximum absolute atomic E-state index is 12.3. The summed E-state index contributed by atoms with van der Waals surface area (Å²) in [6.07, 6.45) is 0.764. The number of ether oxygens (including phenoxy) is 1. The summed E-state index contributed by atoms with van der Waals surface area (Å²) in [6.45, 7) is 1.31. The largest absolute Gasteiger partial charge is 0.385 e. The van der Waals surface area contributed by atoms with E-state index in [1.807, 2.05) is 36.4 Å². The van der Waals surface area contributed by atoms with Gasteiger partial charge < -0.3 is 20.3 Å². The molecule has 2 N–H and O–H groups in total. The Hall–Kier alpha value is -2.86. The fraction of sp³-hybridized carbons (Fsp3) is 0.300. The van der Waals surface area contributed by atoms with Crippen LogP contribution in [0, 0.1) is 0 Å². The standard InChI is InChI=1S/C20H25N3O3/c1-23(18-10-4-3-5-11-18)19(24)15-22-17-9-6-8-16(14-17)20(25)21-12-7-13-26-2/h3-6,8-11,14,22H,7,12-13,15H2,1-2H3,(H,21,25). The molecule has 138 valence electrons. The van der Waals surface area contributed by atoms with Gasteiger partial charge >= 0.3 is 0 Å². The molecule has 0 aliphatic heterocycles. The Kier molecular flexibility index (Phi) is 7.64. The monoisotopic (exact) mass is 355 g/mol. The number of carbonyl (C=O) groups excluding carboxylic acids is 2. The molecule has 0 fully saturated rings. The lowest BCUT2D eigenvalue weighted by Gasteiger charge is -2.18. The van der Waals surface area contributed by atoms with Crippen LogP contribution in [0.2, 0.25) is 0 Å². The minimum absolute atomic E-state index is 0.0642. The van der Waals surface area contributed by atoms with Gasteiger partial charge in [-0.25, -0.2) is 0 Å². The topological polar surface area (TPSA) is 70.7 Å². The van der Waals surface area contributed by atoms with Crippen molar-refractivity contribution in [2.24, 2.45) is 0 Å². The highest BCUT2D eigenvalue weighted by atomic mass is 16.5. The summed E-state index contributed by atoms with van der Waals surface area (Å²) in [7, 11) is 3.37. The number of hydrogen-bond donors (Lipinski definition) is 2. The van der Waals surface area contributed by atoms with Crippen LogP contribution in [0.5, 0.6) is 0 Å². The van der Waals surface area contributed by atoms with Crippen molar-refractivity contribution < 1.29 is 14.3 Å². The summed E-state index contributed by atoms with van der Waals surface area (Å²) in [5, 5.41) is 5.92. The first-order valence-electron chi connectivity index (χ1n) is 8.54. The van der Waals surface area contributed by atoms with Gasteiger partial charge in [0.1, 0.15) is 0 Å². The molecule has 0 radical (unpaired) electrons. The number of nitrogens with zero attached hydrogens (tertiary/aromatic N) is 1. The second-order valence-electron chi connectivity index (χ2n) is 5.82. The van der Waals surface area contributed by atoms with Crippen LogP contribution in [0.25, 0.3) is 0 Å². The molecule has 0 bridgehead atoms. The second kappa shape index (κ2) is 10.2. The van der Waals surface area contributed by atoms with Gasteiger partial charge in [0, 0.05) is 44.2 Å². The zero-order valence-electron chi connectivity index (χ0n) is 15.2. The molecule has 6 heteroatoms. The van der Waals surface area contributed by atoms with Crippen LogP contribution in [-0.2, 0) is 9.53 Å². The summed E-state index contributed by atoms with van der Waals surface area (Å²) >= 11 is 0. The summed E-state index contributed by atoms with van der Waals surface area (Å²) < 4.78 is 4.96. The first-order valence-corrected chi connectivity index (χ1v) is 8.54. The highest BCUT2D eigenvalue weighted by Crippen LogP contribution is 2.13. The van der Waals surface area contributed by atoms with E-state index in [9.17, 15) is 9.59 Å². The molecular formula is C20H25N3O3. The first kappa shape index (κ1) is 19.5. The number of nitrogens with one attached hydrogen (secondary N) is 2. The summed E-state index contributed by atoms with van der Waals surface area (Å²) in [6, 6.07) is 16.6. The average Bonchev–Trinajstić information content (AvgIpc) is 2.69. The van der Waals surface area contributed by atoms with E-state index in [0.717, 1.165) is 17.8 Å². The van der Waals surface area contributed by atoms with E-state index < -0.39 is 0 Å². The van der Waals surface area contributed by atoms with Crippen molar-refractivity contribution in [3.05, 3.63) is 60.2 Å². The second-order valence-corrected chi connectivity index (χ2v) is 5.82. The van der Waals surface area contributed by atoms with Gasteiger partial charge in [0.25, 0.3) is 5.91 Å². The number of rotatable bonds is 9. The predicted molar refractivity (Wildman–Crippen MR) is 104 cm³/mol. The molecule has 0 aliphatic carbocycles. The number of likely N-dealkylation sites (N-methyl/N-ethyl adjacent to an activating group) is 1. The molecule has 0 heterocycles. The molecule has 0 saturated heterocycles. The number of benzene rings is 2. The van der Waals surface area contributed by atoms with Crippen molar-refractivity contribution in [3.63, 3.8) is 0 Å². The van der Waals surface area contributed by atoms with E-state index in [0.29, 0.717) is 18.7 Å². The number of para-hydroxylation sites is 1. The first-order chi connectivity index (χ1) is 12.6. The molecule has 2 rings (SSSR count). The van der Waals surface area contributed by atoms with Crippen molar-refractivity contribution in [2.75, 3.05) is 44.1 Å². The molecule has 2 aromatic carbocycles. The molecular weight excluding hydrogens is 330 g/mol. The number of amides is 2. The lowest BCUT2D eigenvalue weighted by molar-refractivity contribution is -0.116. The van der Waals surface area contributed by atoms with Crippen molar-refractivity contribution in [3.8, 4) is 0 Å². The highest BCUT2D eigenvalue weighted by Gasteiger charge is 2.11. The van der Waals surface area contributed by atoms with Gasteiger partial charge in [-0.1, -0.05) is 24.3 Å². The van der Waals surface area contributed by atoms with Crippen LogP contribution in [-0.4, -0.2) is 45.7 Å². The average molecular weight is 355 g/mol. The minimum Gasteiger partial charge on any atom is -0.385 e. The molecule has 0 spiro atoms. The van der Waals surface area contributed by atoms with Gasteiger partial charge in [-0.05, 0) is 36.8 Å². The van der Waals surface area contributed by atoms with E-state index in [1.54, 1.807) is 37.3 Å². The van der Waals surface area contributed by atoms with Gasteiger partial charge in [0.15, 0.2) is 0 Å². The highest BCUT2D eigenvalue weighted by molar-refractivity contribution is 5.97. The summed E-state index contributed by atoms with van der Waals surface area (Å²) in [4.78, 5) is 26.0. The maximum atomic E-state index is 12.3. The van der Waals surface area contributed by atoms with E-state index in [2.05, 4.69) is 10.6 Å². The smallest absolute Gasteiger partial charge is 0.251 e. The quantitative estimate of drug-likeness (QED) is 0.678. The Morgan fingerprint density at radius 2 is 1.85 bits per heavy atom. The molecule has 0 saturated carbocycles. The molecule has 2 amide bonds. The van der Waals surface area contributed by atoms with Crippen LogP contribution in [0.15, 0.2) is 54.6 Å². The number of hydrogen-bond acceptors (Lipinski definition) is 4. The van der Waals surface area contributed by atoms with Crippen LogP contribution in [0.3, 0.4) is 0 Å². The third-order valence-corrected chi connectivity index (χ3v) is 3.90. The third-order valence-electron chi connectivity index (χ3n) is 3.90. The fourth-order valence-electron chi connectivity index (χ4n) is 2.38. The molecule has 6 nitrogen and oxygen atoms in total. The van der Waals surface area contributed by atoms with Gasteiger partial charge in [0.2, 0.25) is 5.91 Å². The predicted octanol–water partition coefficient (Wildman–Crippen LogP) is 2.53. The van der Waals surface area contributed by atoms with Crippen molar-refractivity contribution in [2.45, 2.75) is 6.42 Å². The third kappa shape index (κ3) is 5.89. The molecule has 0 aliphatic rings.